The Hall–Kier alpha value is -1.88. The molecule has 0 radical (unpaired) electrons. The lowest BCUT2D eigenvalue weighted by Gasteiger charge is -2.02. The first-order chi connectivity index (χ1) is 11.1. The number of nitrogens with zero attached hydrogens (tertiary/aromatic N) is 2. The number of halogens is 2. The third-order valence-corrected chi connectivity index (χ3v) is 4.52. The molecular formula is C17H13Cl2N3S. The van der Waals surface area contributed by atoms with Gasteiger partial charge in [-0.05, 0) is 30.7 Å². The van der Waals surface area contributed by atoms with Crippen molar-refractivity contribution in [2.45, 2.75) is 6.92 Å². The van der Waals surface area contributed by atoms with Crippen LogP contribution in [-0.2, 0) is 0 Å². The molecule has 6 heteroatoms. The van der Waals surface area contributed by atoms with Gasteiger partial charge in [0.15, 0.2) is 0 Å². The Kier molecular flexibility index (Phi) is 4.96. The highest BCUT2D eigenvalue weighted by atomic mass is 35.5. The summed E-state index contributed by atoms with van der Waals surface area (Å²) in [4.78, 5) is 4.51. The molecule has 116 valence electrons. The van der Waals surface area contributed by atoms with Crippen molar-refractivity contribution in [3.8, 4) is 11.3 Å². The van der Waals surface area contributed by atoms with Crippen molar-refractivity contribution in [2.75, 3.05) is 5.43 Å². The summed E-state index contributed by atoms with van der Waals surface area (Å²) < 4.78 is 0. The summed E-state index contributed by atoms with van der Waals surface area (Å²) >= 11 is 13.6. The zero-order valence-corrected chi connectivity index (χ0v) is 14.6. The molecule has 0 bridgehead atoms. The van der Waals surface area contributed by atoms with Crippen molar-refractivity contribution in [1.29, 1.82) is 0 Å². The fourth-order valence-electron chi connectivity index (χ4n) is 2.02. The van der Waals surface area contributed by atoms with Crippen LogP contribution in [-0.4, -0.2) is 10.7 Å². The average molecular weight is 362 g/mol. The fourth-order valence-corrected chi connectivity index (χ4v) is 3.18. The number of hydrazone groups is 1. The van der Waals surface area contributed by atoms with E-state index in [2.05, 4.69) is 15.5 Å². The lowest BCUT2D eigenvalue weighted by atomic mass is 10.1. The van der Waals surface area contributed by atoms with Gasteiger partial charge in [-0.3, -0.25) is 5.43 Å². The zero-order valence-electron chi connectivity index (χ0n) is 12.3. The van der Waals surface area contributed by atoms with Crippen molar-refractivity contribution in [3.63, 3.8) is 0 Å². The van der Waals surface area contributed by atoms with Crippen LogP contribution in [0.15, 0.2) is 59.0 Å². The van der Waals surface area contributed by atoms with Crippen molar-refractivity contribution in [3.05, 3.63) is 69.5 Å². The Morgan fingerprint density at radius 2 is 1.91 bits per heavy atom. The third kappa shape index (κ3) is 3.91. The summed E-state index contributed by atoms with van der Waals surface area (Å²) in [6, 6.07) is 15.4. The van der Waals surface area contributed by atoms with Crippen LogP contribution in [0, 0.1) is 0 Å². The molecule has 3 nitrogen and oxygen atoms in total. The Morgan fingerprint density at radius 3 is 2.65 bits per heavy atom. The fraction of sp³-hybridized carbons (Fsp3) is 0.0588. The highest BCUT2D eigenvalue weighted by molar-refractivity contribution is 7.14. The molecule has 0 aliphatic carbocycles. The van der Waals surface area contributed by atoms with E-state index in [9.17, 15) is 0 Å². The molecule has 3 rings (SSSR count). The van der Waals surface area contributed by atoms with Crippen molar-refractivity contribution < 1.29 is 0 Å². The van der Waals surface area contributed by atoms with Gasteiger partial charge in [-0.2, -0.15) is 5.10 Å². The molecule has 0 saturated heterocycles. The molecule has 0 aliphatic rings. The Morgan fingerprint density at radius 1 is 1.13 bits per heavy atom. The standard InChI is InChI=1S/C17H13Cl2N3S/c1-11(12-5-3-2-4-6-12)21-22-17-20-16(10-23-17)14-8-7-13(18)9-15(14)19/h2-10H,1H3,(H,20,22)/b21-11+. The van der Waals surface area contributed by atoms with Crippen LogP contribution in [0.3, 0.4) is 0 Å². The Labute approximate surface area is 148 Å². The number of anilines is 1. The van der Waals surface area contributed by atoms with Gasteiger partial charge in [0, 0.05) is 16.0 Å². The van der Waals surface area contributed by atoms with Gasteiger partial charge in [-0.1, -0.05) is 53.5 Å². The predicted octanol–water partition coefficient (Wildman–Crippen LogP) is 5.95. The maximum absolute atomic E-state index is 6.21. The molecule has 0 atom stereocenters. The van der Waals surface area contributed by atoms with E-state index in [1.54, 1.807) is 12.1 Å². The van der Waals surface area contributed by atoms with E-state index >= 15 is 0 Å². The number of hydrogen-bond acceptors (Lipinski definition) is 4. The molecule has 0 amide bonds. The lowest BCUT2D eigenvalue weighted by Crippen LogP contribution is -1.99. The zero-order chi connectivity index (χ0) is 16.2. The molecule has 0 saturated carbocycles. The highest BCUT2D eigenvalue weighted by Crippen LogP contribution is 2.32. The topological polar surface area (TPSA) is 37.3 Å². The van der Waals surface area contributed by atoms with E-state index in [1.807, 2.05) is 48.7 Å². The van der Waals surface area contributed by atoms with E-state index in [0.29, 0.717) is 15.2 Å². The lowest BCUT2D eigenvalue weighted by molar-refractivity contribution is 1.27. The normalized spacial score (nSPS) is 11.5. The van der Waals surface area contributed by atoms with Gasteiger partial charge in [0.05, 0.1) is 16.4 Å². The monoisotopic (exact) mass is 361 g/mol. The second kappa shape index (κ2) is 7.13. The van der Waals surface area contributed by atoms with Gasteiger partial charge in [0.25, 0.3) is 0 Å². The van der Waals surface area contributed by atoms with E-state index in [-0.39, 0.29) is 0 Å². The number of rotatable bonds is 4. The molecule has 0 aliphatic heterocycles. The van der Waals surface area contributed by atoms with Crippen molar-refractivity contribution in [1.82, 2.24) is 4.98 Å². The summed E-state index contributed by atoms with van der Waals surface area (Å²) in [6.07, 6.45) is 0. The van der Waals surface area contributed by atoms with Crippen LogP contribution in [0.5, 0.6) is 0 Å². The maximum Gasteiger partial charge on any atom is 0.203 e. The van der Waals surface area contributed by atoms with Gasteiger partial charge in [0.1, 0.15) is 0 Å². The number of thiazole rings is 1. The van der Waals surface area contributed by atoms with E-state index in [0.717, 1.165) is 22.5 Å². The number of hydrogen-bond donors (Lipinski definition) is 1. The van der Waals surface area contributed by atoms with E-state index in [1.165, 1.54) is 11.3 Å². The molecule has 0 unspecified atom stereocenters. The summed E-state index contributed by atoms with van der Waals surface area (Å²) in [6.45, 7) is 1.95. The number of nitrogens with one attached hydrogen (secondary N) is 1. The molecular weight excluding hydrogens is 349 g/mol. The van der Waals surface area contributed by atoms with Crippen LogP contribution < -0.4 is 5.43 Å². The summed E-state index contributed by atoms with van der Waals surface area (Å²) in [5.41, 5.74) is 6.60. The molecule has 0 spiro atoms. The van der Waals surface area contributed by atoms with E-state index in [4.69, 9.17) is 23.2 Å². The minimum absolute atomic E-state index is 0.582. The quantitative estimate of drug-likeness (QED) is 0.460. The molecule has 3 aromatic rings. The van der Waals surface area contributed by atoms with Gasteiger partial charge in [-0.15, -0.1) is 11.3 Å². The first kappa shape index (κ1) is 16.0. The highest BCUT2D eigenvalue weighted by Gasteiger charge is 2.08. The molecule has 1 N–H and O–H groups in total. The number of aromatic nitrogens is 1. The Balaban J connectivity index is 1.77. The first-order valence-electron chi connectivity index (χ1n) is 6.90. The average Bonchev–Trinajstić information content (AvgIpc) is 3.02. The smallest absolute Gasteiger partial charge is 0.203 e. The molecule has 2 aromatic carbocycles. The van der Waals surface area contributed by atoms with Crippen molar-refractivity contribution in [2.24, 2.45) is 5.10 Å². The van der Waals surface area contributed by atoms with Crippen molar-refractivity contribution >= 4 is 45.4 Å². The van der Waals surface area contributed by atoms with Crippen LogP contribution in [0.4, 0.5) is 5.13 Å². The van der Waals surface area contributed by atoms with Crippen LogP contribution in [0.2, 0.25) is 10.0 Å². The molecule has 23 heavy (non-hydrogen) atoms. The number of benzene rings is 2. The van der Waals surface area contributed by atoms with E-state index < -0.39 is 0 Å². The summed E-state index contributed by atoms with van der Waals surface area (Å²) in [5, 5.41) is 8.20. The third-order valence-electron chi connectivity index (χ3n) is 3.22. The minimum Gasteiger partial charge on any atom is -0.252 e. The molecule has 1 heterocycles. The summed E-state index contributed by atoms with van der Waals surface area (Å²) in [5.74, 6) is 0. The first-order valence-corrected chi connectivity index (χ1v) is 8.54. The van der Waals surface area contributed by atoms with Crippen LogP contribution in [0.1, 0.15) is 12.5 Å². The molecule has 0 fully saturated rings. The maximum atomic E-state index is 6.21. The summed E-state index contributed by atoms with van der Waals surface area (Å²) in [7, 11) is 0. The SMILES string of the molecule is C/C(=N\Nc1nc(-c2ccc(Cl)cc2Cl)cs1)c1ccccc1. The van der Waals surface area contributed by atoms with Gasteiger partial charge < -0.3 is 0 Å². The largest absolute Gasteiger partial charge is 0.252 e. The van der Waals surface area contributed by atoms with Gasteiger partial charge >= 0.3 is 0 Å². The van der Waals surface area contributed by atoms with Gasteiger partial charge in [0.2, 0.25) is 5.13 Å². The second-order valence-corrected chi connectivity index (χ2v) is 6.54. The minimum atomic E-state index is 0.582. The van der Waals surface area contributed by atoms with Gasteiger partial charge in [-0.25, -0.2) is 4.98 Å². The predicted molar refractivity (Wildman–Crippen MR) is 99.8 cm³/mol. The van der Waals surface area contributed by atoms with Crippen LogP contribution in [0.25, 0.3) is 11.3 Å². The molecule has 1 aromatic heterocycles. The van der Waals surface area contributed by atoms with Crippen LogP contribution >= 0.6 is 34.5 Å². The second-order valence-electron chi connectivity index (χ2n) is 4.84. The Bertz CT molecular complexity index is 844.